The van der Waals surface area contributed by atoms with Gasteiger partial charge in [0.2, 0.25) is 11.8 Å². The largest absolute Gasteiger partial charge is 0.746 e. The van der Waals surface area contributed by atoms with Crippen molar-refractivity contribution in [3.63, 3.8) is 0 Å². The van der Waals surface area contributed by atoms with Crippen LogP contribution in [0.4, 0.5) is 8.78 Å². The molecule has 7 aliphatic rings. The topological polar surface area (TPSA) is 147 Å². The first-order chi connectivity index (χ1) is 18.1. The number of fused-ring (bicyclic) bond motifs is 1. The molecule has 1 saturated heterocycles. The molecule has 218 valence electrons. The third-order valence-electron chi connectivity index (χ3n) is 10.2. The van der Waals surface area contributed by atoms with Gasteiger partial charge in [0.15, 0.2) is 0 Å². The summed E-state index contributed by atoms with van der Waals surface area (Å²) in [7, 11) is -6.14. The minimum Gasteiger partial charge on any atom is -0.746 e. The molecule has 0 aromatic rings. The maximum absolute atomic E-state index is 14.3. The Kier molecular flexibility index (Phi) is 6.33. The summed E-state index contributed by atoms with van der Waals surface area (Å²) >= 11 is 0. The van der Waals surface area contributed by atoms with Crippen molar-refractivity contribution in [2.45, 2.75) is 76.2 Å². The predicted octanol–water partition coefficient (Wildman–Crippen LogP) is 2.23. The summed E-state index contributed by atoms with van der Waals surface area (Å²) in [4.78, 5) is 55.0. The number of carbonyl (C=O) groups is 4. The van der Waals surface area contributed by atoms with E-state index in [4.69, 9.17) is 4.74 Å². The summed E-state index contributed by atoms with van der Waals surface area (Å²) in [6.45, 7) is 2.60. The molecule has 0 N–H and O–H groups in total. The number of ether oxygens (including phenoxy) is 2. The van der Waals surface area contributed by atoms with Crippen molar-refractivity contribution in [1.82, 2.24) is 4.90 Å². The van der Waals surface area contributed by atoms with Gasteiger partial charge >= 0.3 is 5.97 Å². The predicted molar refractivity (Wildman–Crippen MR) is 125 cm³/mol. The Morgan fingerprint density at radius 2 is 1.60 bits per heavy atom. The van der Waals surface area contributed by atoms with Crippen molar-refractivity contribution in [3.05, 3.63) is 6.61 Å². The van der Waals surface area contributed by atoms with Crippen LogP contribution >= 0.6 is 0 Å². The number of hydrogen-bond donors (Lipinski definition) is 0. The molecule has 6 atom stereocenters. The molecule has 6 saturated carbocycles. The summed E-state index contributed by atoms with van der Waals surface area (Å²) in [5, 5.41) is -4.97. The smallest absolute Gasteiger partial charge is 0.308 e. The number of alkyl halides is 2. The van der Waals surface area contributed by atoms with Gasteiger partial charge in [-0.05, 0) is 68.6 Å². The molecule has 14 heteroatoms. The van der Waals surface area contributed by atoms with Crippen molar-refractivity contribution in [2.24, 2.45) is 52.8 Å². The fraction of sp³-hybridized carbons (Fsp3) is 0.808. The number of halogens is 2. The van der Waals surface area contributed by atoms with E-state index in [0.29, 0.717) is 37.0 Å². The minimum atomic E-state index is -6.14. The molecular formula is C26H31F2NO9RfS-2. The van der Waals surface area contributed by atoms with E-state index in [1.807, 2.05) is 0 Å². The summed E-state index contributed by atoms with van der Waals surface area (Å²) in [6.07, 6.45) is 4.55. The second kappa shape index (κ2) is 8.92. The molecule has 40 heavy (non-hydrogen) atoms. The Morgan fingerprint density at radius 3 is 2.10 bits per heavy atom. The molecule has 0 aromatic heterocycles. The monoisotopic (exact) mass is 838 g/mol. The molecule has 0 radical (unpaired) electrons. The molecule has 6 unspecified atom stereocenters. The summed E-state index contributed by atoms with van der Waals surface area (Å²) in [5.74, 6) is -5.77. The molecule has 7 fully saturated rings. The molecule has 10 nitrogen and oxygen atoms in total. The molecule has 2 amide bonds. The van der Waals surface area contributed by atoms with Crippen molar-refractivity contribution in [1.29, 1.82) is 0 Å². The average Bonchev–Trinajstić information content (AvgIpc) is 3.43. The Hall–Kier alpha value is -3.15. The molecular weight excluding hydrogens is 807 g/mol. The number of nitrogens with zero attached hydrogens (tertiary/aromatic N) is 1. The van der Waals surface area contributed by atoms with E-state index < -0.39 is 87.0 Å². The van der Waals surface area contributed by atoms with Crippen LogP contribution in [-0.2, 0) is 38.8 Å². The van der Waals surface area contributed by atoms with Gasteiger partial charge < -0.3 is 14.0 Å². The first kappa shape index (κ1) is 28.4. The van der Waals surface area contributed by atoms with Crippen LogP contribution in [0.2, 0.25) is 0 Å². The first-order valence-electron chi connectivity index (χ1n) is 13.6. The molecule has 7 rings (SSSR count). The molecule has 1 heterocycles. The van der Waals surface area contributed by atoms with E-state index in [1.165, 1.54) is 4.90 Å². The zero-order valence-corrected chi connectivity index (χ0v) is 29.5. The summed E-state index contributed by atoms with van der Waals surface area (Å²) in [6, 6.07) is -0.757. The van der Waals surface area contributed by atoms with E-state index in [9.17, 15) is 40.9 Å². The van der Waals surface area contributed by atoms with Crippen LogP contribution < -0.4 is 0 Å². The number of carbonyl (C=O) groups excluding carboxylic acids is 4. The van der Waals surface area contributed by atoms with E-state index in [0.717, 1.165) is 19.3 Å². The SMILES string of the molecule is CC(C)C(=O)OC1C2CC3C(C(=O)N(C(=O)C45CC6CC(CC(C6)C4)C5)C31)C2C(=O)O[CH-]C(F)(F)S(=O)(=O)[O-].[Rf]. The van der Waals surface area contributed by atoms with Crippen LogP contribution in [0.15, 0.2) is 0 Å². The van der Waals surface area contributed by atoms with Crippen molar-refractivity contribution >= 4 is 33.9 Å². The number of amides is 2. The molecule has 0 aromatic carbocycles. The third kappa shape index (κ3) is 3.93. The standard InChI is InChI=1S/C26H32F2NO9S.Rf/c1-11(2)22(31)38-20-16-6-15-17(18(16)23(32)37-10-26(27,28)39(34,35)36)21(30)29(19(15)20)24(33)25-7-12-3-13(8-25)5-14(4-12)9-25;/h10-20H,3-9H2,1-2H3,(H,34,35,36);/q-1;/p-1. The summed E-state index contributed by atoms with van der Waals surface area (Å²) in [5.41, 5.74) is -0.673. The molecule has 6 aliphatic carbocycles. The zero-order valence-electron chi connectivity index (χ0n) is 22.3. The zero-order chi connectivity index (χ0) is 28.2. The fourth-order valence-corrected chi connectivity index (χ4v) is 9.35. The van der Waals surface area contributed by atoms with Gasteiger partial charge in [-0.15, -0.1) is 0 Å². The quantitative estimate of drug-likeness (QED) is 0.163. The van der Waals surface area contributed by atoms with Crippen molar-refractivity contribution < 1.29 is 50.4 Å². The van der Waals surface area contributed by atoms with E-state index in [2.05, 4.69) is 4.74 Å². The van der Waals surface area contributed by atoms with Crippen molar-refractivity contribution in [2.75, 3.05) is 0 Å². The first-order valence-corrected chi connectivity index (χ1v) is 15.0. The van der Waals surface area contributed by atoms with Crippen LogP contribution in [0.3, 0.4) is 0 Å². The Bertz CT molecular complexity index is 1210. The van der Waals surface area contributed by atoms with E-state index >= 15 is 0 Å². The van der Waals surface area contributed by atoms with Gasteiger partial charge in [0.1, 0.15) is 16.2 Å². The van der Waals surface area contributed by atoms with E-state index in [-0.39, 0.29) is 12.3 Å². The number of esters is 2. The normalized spacial score (nSPS) is 40.9. The van der Waals surface area contributed by atoms with Gasteiger partial charge in [0, 0.05) is 5.92 Å². The Balaban J connectivity index is 0.00000323. The van der Waals surface area contributed by atoms with E-state index in [1.54, 1.807) is 13.8 Å². The average molecular weight is 839 g/mol. The van der Waals surface area contributed by atoms with Crippen molar-refractivity contribution in [3.8, 4) is 0 Å². The van der Waals surface area contributed by atoms with Crippen LogP contribution in [0.5, 0.6) is 0 Å². The van der Waals surface area contributed by atoms with Gasteiger partial charge in [-0.25, -0.2) is 17.2 Å². The number of likely N-dealkylation sites (tertiary alicyclic amines) is 1. The van der Waals surface area contributed by atoms with Gasteiger partial charge in [0.25, 0.3) is 11.2 Å². The Morgan fingerprint density at radius 1 is 1.05 bits per heavy atom. The minimum absolute atomic E-state index is 0. The van der Waals surface area contributed by atoms with Crippen LogP contribution in [0.1, 0.15) is 58.8 Å². The van der Waals surface area contributed by atoms with Gasteiger partial charge in [-0.2, -0.15) is 0 Å². The van der Waals surface area contributed by atoms with Crippen LogP contribution in [0.25, 0.3) is 0 Å². The van der Waals surface area contributed by atoms with Gasteiger partial charge in [-0.1, -0.05) is 20.5 Å². The molecule has 6 bridgehead atoms. The maximum atomic E-state index is 14.3. The number of hydrogen-bond acceptors (Lipinski definition) is 9. The fourth-order valence-electron chi connectivity index (χ4n) is 9.19. The van der Waals surface area contributed by atoms with Crippen LogP contribution in [-0.4, -0.2) is 59.0 Å². The Labute approximate surface area is 224 Å². The second-order valence-electron chi connectivity index (χ2n) is 12.9. The van der Waals surface area contributed by atoms with Gasteiger partial charge in [0.05, 0.1) is 29.2 Å². The second-order valence-corrected chi connectivity index (χ2v) is 14.4. The number of imide groups is 1. The molecule has 0 spiro atoms. The maximum Gasteiger partial charge on any atom is 0.308 e. The van der Waals surface area contributed by atoms with Crippen LogP contribution in [0, 0.1) is 59.4 Å². The molecule has 1 aliphatic heterocycles. The number of rotatable bonds is 7. The summed E-state index contributed by atoms with van der Waals surface area (Å²) < 4.78 is 70.1. The third-order valence-corrected chi connectivity index (χ3v) is 11.0. The van der Waals surface area contributed by atoms with Gasteiger partial charge in [-0.3, -0.25) is 24.1 Å².